The SMILES string of the molecule is OCC1OC(Cn2cnc3c(NC4CC5CCC4O5)ncnc32)C(O)C1O. The maximum Gasteiger partial charge on any atom is 0.165 e. The Morgan fingerprint density at radius 3 is 2.67 bits per heavy atom. The van der Waals surface area contributed by atoms with Crippen molar-refractivity contribution < 1.29 is 24.8 Å². The highest BCUT2D eigenvalue weighted by Gasteiger charge is 2.43. The summed E-state index contributed by atoms with van der Waals surface area (Å²) in [5.41, 5.74) is 1.27. The number of nitrogens with one attached hydrogen (secondary N) is 1. The molecule has 3 saturated heterocycles. The van der Waals surface area contributed by atoms with Crippen LogP contribution in [0.4, 0.5) is 5.82 Å². The molecule has 0 aromatic carbocycles. The molecule has 0 amide bonds. The fourth-order valence-corrected chi connectivity index (χ4v) is 4.41. The van der Waals surface area contributed by atoms with Crippen molar-refractivity contribution in [2.75, 3.05) is 11.9 Å². The number of hydrogen-bond donors (Lipinski definition) is 4. The van der Waals surface area contributed by atoms with Gasteiger partial charge in [0.1, 0.15) is 36.3 Å². The normalized spacial score (nSPS) is 38.1. The molecule has 7 unspecified atom stereocenters. The molecular weight excluding hydrogens is 354 g/mol. The Labute approximate surface area is 155 Å². The van der Waals surface area contributed by atoms with E-state index in [1.807, 2.05) is 0 Å². The first-order chi connectivity index (χ1) is 13.1. The Morgan fingerprint density at radius 1 is 1.11 bits per heavy atom. The molecule has 3 aliphatic heterocycles. The first-order valence-electron chi connectivity index (χ1n) is 9.34. The topological polar surface area (TPSA) is 135 Å². The standard InChI is InChI=1S/C17H23N5O5/c23-5-12-15(25)14(24)11(27-12)4-22-7-20-13-16(18-6-19-17(13)22)21-9-3-8-1-2-10(9)26-8/h6-12,14-15,23-25H,1-5H2,(H,18,19,21). The van der Waals surface area contributed by atoms with Crippen LogP contribution < -0.4 is 5.32 Å². The third kappa shape index (κ3) is 2.88. The van der Waals surface area contributed by atoms with Gasteiger partial charge in [-0.05, 0) is 19.3 Å². The van der Waals surface area contributed by atoms with Gasteiger partial charge in [-0.2, -0.15) is 0 Å². The molecule has 2 aromatic heterocycles. The molecule has 0 aliphatic carbocycles. The number of aliphatic hydroxyl groups is 3. The summed E-state index contributed by atoms with van der Waals surface area (Å²) >= 11 is 0. The molecule has 0 spiro atoms. The van der Waals surface area contributed by atoms with Crippen molar-refractivity contribution >= 4 is 17.0 Å². The van der Waals surface area contributed by atoms with Crippen LogP contribution in [0.1, 0.15) is 19.3 Å². The molecule has 5 rings (SSSR count). The minimum atomic E-state index is -1.11. The lowest BCUT2D eigenvalue weighted by Gasteiger charge is -2.20. The molecule has 2 aromatic rings. The second kappa shape index (κ2) is 6.64. The molecule has 4 N–H and O–H groups in total. The Morgan fingerprint density at radius 2 is 1.96 bits per heavy atom. The van der Waals surface area contributed by atoms with Crippen molar-refractivity contribution in [2.24, 2.45) is 0 Å². The van der Waals surface area contributed by atoms with Gasteiger partial charge in [0.05, 0.1) is 37.7 Å². The van der Waals surface area contributed by atoms with Gasteiger partial charge in [0.15, 0.2) is 11.5 Å². The van der Waals surface area contributed by atoms with Crippen LogP contribution in [0.2, 0.25) is 0 Å². The quantitative estimate of drug-likeness (QED) is 0.519. The van der Waals surface area contributed by atoms with Crippen LogP contribution in [0, 0.1) is 0 Å². The van der Waals surface area contributed by atoms with Crippen molar-refractivity contribution in [2.45, 2.75) is 68.5 Å². The summed E-state index contributed by atoms with van der Waals surface area (Å²) in [6, 6.07) is 0.229. The summed E-state index contributed by atoms with van der Waals surface area (Å²) in [7, 11) is 0. The lowest BCUT2D eigenvalue weighted by Crippen LogP contribution is -2.35. The van der Waals surface area contributed by atoms with Crippen LogP contribution in [0.25, 0.3) is 11.2 Å². The summed E-state index contributed by atoms with van der Waals surface area (Å²) < 4.78 is 13.2. The fraction of sp³-hybridized carbons (Fsp3) is 0.706. The number of fused-ring (bicyclic) bond motifs is 3. The molecule has 5 heterocycles. The molecule has 2 bridgehead atoms. The number of anilines is 1. The number of hydrogen-bond acceptors (Lipinski definition) is 9. The van der Waals surface area contributed by atoms with E-state index in [-0.39, 0.29) is 25.3 Å². The number of aromatic nitrogens is 4. The van der Waals surface area contributed by atoms with E-state index >= 15 is 0 Å². The van der Waals surface area contributed by atoms with Crippen LogP contribution in [0.3, 0.4) is 0 Å². The van der Waals surface area contributed by atoms with Crippen molar-refractivity contribution in [3.05, 3.63) is 12.7 Å². The highest BCUT2D eigenvalue weighted by atomic mass is 16.6. The lowest BCUT2D eigenvalue weighted by atomic mass is 9.95. The Balaban J connectivity index is 1.36. The van der Waals surface area contributed by atoms with Gasteiger partial charge in [-0.15, -0.1) is 0 Å². The third-order valence-electron chi connectivity index (χ3n) is 5.85. The maximum atomic E-state index is 10.2. The lowest BCUT2D eigenvalue weighted by molar-refractivity contribution is -0.0262. The predicted molar refractivity (Wildman–Crippen MR) is 93.0 cm³/mol. The second-order valence-electron chi connectivity index (χ2n) is 7.53. The number of ether oxygens (including phenoxy) is 2. The van der Waals surface area contributed by atoms with Crippen LogP contribution in [-0.2, 0) is 16.0 Å². The van der Waals surface area contributed by atoms with Crippen molar-refractivity contribution in [3.63, 3.8) is 0 Å². The largest absolute Gasteiger partial charge is 0.394 e. The zero-order chi connectivity index (χ0) is 18.5. The minimum Gasteiger partial charge on any atom is -0.394 e. The summed E-state index contributed by atoms with van der Waals surface area (Å²) in [6.45, 7) is -0.0832. The summed E-state index contributed by atoms with van der Waals surface area (Å²) in [4.78, 5) is 13.1. The Kier molecular flexibility index (Phi) is 4.25. The van der Waals surface area contributed by atoms with E-state index < -0.39 is 24.4 Å². The third-order valence-corrected chi connectivity index (χ3v) is 5.85. The number of imidazole rings is 1. The molecule has 146 valence electrons. The van der Waals surface area contributed by atoms with E-state index in [2.05, 4.69) is 20.3 Å². The molecule has 0 saturated carbocycles. The molecule has 3 aliphatic rings. The molecule has 10 nitrogen and oxygen atoms in total. The van der Waals surface area contributed by atoms with Gasteiger partial charge in [-0.25, -0.2) is 15.0 Å². The molecule has 7 atom stereocenters. The zero-order valence-corrected chi connectivity index (χ0v) is 14.7. The van der Waals surface area contributed by atoms with Crippen LogP contribution in [0.5, 0.6) is 0 Å². The summed E-state index contributed by atoms with van der Waals surface area (Å²) in [5.74, 6) is 0.668. The maximum absolute atomic E-state index is 10.2. The van der Waals surface area contributed by atoms with E-state index in [4.69, 9.17) is 9.47 Å². The van der Waals surface area contributed by atoms with Gasteiger partial charge in [-0.3, -0.25) is 0 Å². The molecule has 27 heavy (non-hydrogen) atoms. The average Bonchev–Trinajstić information content (AvgIpc) is 3.44. The Hall–Kier alpha value is -1.85. The van der Waals surface area contributed by atoms with Crippen LogP contribution >= 0.6 is 0 Å². The molecular formula is C17H23N5O5. The van der Waals surface area contributed by atoms with E-state index in [1.165, 1.54) is 6.33 Å². The van der Waals surface area contributed by atoms with Gasteiger partial charge in [0.25, 0.3) is 0 Å². The first kappa shape index (κ1) is 17.3. The smallest absolute Gasteiger partial charge is 0.165 e. The monoisotopic (exact) mass is 377 g/mol. The van der Waals surface area contributed by atoms with E-state index in [0.29, 0.717) is 23.1 Å². The highest BCUT2D eigenvalue weighted by molar-refractivity contribution is 5.82. The van der Waals surface area contributed by atoms with Gasteiger partial charge >= 0.3 is 0 Å². The molecule has 0 radical (unpaired) electrons. The van der Waals surface area contributed by atoms with Gasteiger partial charge in [0.2, 0.25) is 0 Å². The summed E-state index contributed by atoms with van der Waals surface area (Å²) in [6.07, 6.45) is 3.20. The predicted octanol–water partition coefficient (Wildman–Crippen LogP) is -0.960. The second-order valence-corrected chi connectivity index (χ2v) is 7.53. The zero-order valence-electron chi connectivity index (χ0n) is 14.7. The average molecular weight is 377 g/mol. The Bertz CT molecular complexity index is 831. The van der Waals surface area contributed by atoms with Crippen molar-refractivity contribution in [3.8, 4) is 0 Å². The van der Waals surface area contributed by atoms with Crippen LogP contribution in [-0.4, -0.2) is 84.1 Å². The highest BCUT2D eigenvalue weighted by Crippen LogP contribution is 2.36. The first-order valence-corrected chi connectivity index (χ1v) is 9.34. The van der Waals surface area contributed by atoms with Crippen molar-refractivity contribution in [1.82, 2.24) is 19.5 Å². The number of aliphatic hydroxyl groups excluding tert-OH is 3. The molecule has 3 fully saturated rings. The van der Waals surface area contributed by atoms with E-state index in [0.717, 1.165) is 19.3 Å². The van der Waals surface area contributed by atoms with E-state index in [1.54, 1.807) is 10.9 Å². The van der Waals surface area contributed by atoms with E-state index in [9.17, 15) is 15.3 Å². The van der Waals surface area contributed by atoms with Gasteiger partial charge in [-0.1, -0.05) is 0 Å². The summed E-state index contributed by atoms with van der Waals surface area (Å²) in [5, 5.41) is 32.8. The fourth-order valence-electron chi connectivity index (χ4n) is 4.41. The van der Waals surface area contributed by atoms with Crippen LogP contribution in [0.15, 0.2) is 12.7 Å². The number of rotatable bonds is 5. The van der Waals surface area contributed by atoms with Gasteiger partial charge in [0, 0.05) is 0 Å². The number of nitrogens with zero attached hydrogens (tertiary/aromatic N) is 4. The minimum absolute atomic E-state index is 0.223. The van der Waals surface area contributed by atoms with Gasteiger partial charge < -0.3 is 34.7 Å². The molecule has 10 heteroatoms. The van der Waals surface area contributed by atoms with Crippen molar-refractivity contribution in [1.29, 1.82) is 0 Å².